The van der Waals surface area contributed by atoms with Gasteiger partial charge in [-0.2, -0.15) is 0 Å². The van der Waals surface area contributed by atoms with E-state index in [9.17, 15) is 12.8 Å². The van der Waals surface area contributed by atoms with E-state index in [2.05, 4.69) is 5.32 Å². The van der Waals surface area contributed by atoms with E-state index in [4.69, 9.17) is 0 Å². The molecule has 1 atom stereocenters. The molecule has 0 amide bonds. The van der Waals surface area contributed by atoms with Gasteiger partial charge in [-0.1, -0.05) is 24.3 Å². The van der Waals surface area contributed by atoms with Crippen molar-refractivity contribution in [2.75, 3.05) is 14.1 Å². The van der Waals surface area contributed by atoms with E-state index in [1.807, 2.05) is 13.0 Å². The smallest absolute Gasteiger partial charge is 0.242 e. The Morgan fingerprint density at radius 1 is 1.13 bits per heavy atom. The predicted molar refractivity (Wildman–Crippen MR) is 87.8 cm³/mol. The van der Waals surface area contributed by atoms with Crippen LogP contribution in [0.1, 0.15) is 24.1 Å². The fourth-order valence-electron chi connectivity index (χ4n) is 2.26. The minimum atomic E-state index is -3.42. The Morgan fingerprint density at radius 2 is 1.78 bits per heavy atom. The SMILES string of the molecule is C[C@@H]([NH2+]Cc1cccc(S(=O)(=O)N(C)C)c1)c1ccc(F)cc1. The predicted octanol–water partition coefficient (Wildman–Crippen LogP) is 1.90. The number of halogens is 1. The number of quaternary nitrogens is 1. The van der Waals surface area contributed by atoms with E-state index >= 15 is 0 Å². The molecule has 6 heteroatoms. The van der Waals surface area contributed by atoms with Crippen LogP contribution in [0, 0.1) is 5.82 Å². The Labute approximate surface area is 137 Å². The molecule has 0 saturated carbocycles. The topological polar surface area (TPSA) is 54.0 Å². The lowest BCUT2D eigenvalue weighted by Gasteiger charge is -2.13. The van der Waals surface area contributed by atoms with Gasteiger partial charge in [0.1, 0.15) is 18.4 Å². The zero-order valence-electron chi connectivity index (χ0n) is 13.5. The van der Waals surface area contributed by atoms with Crippen LogP contribution < -0.4 is 5.32 Å². The molecule has 2 aromatic carbocycles. The molecule has 124 valence electrons. The Balaban J connectivity index is 2.08. The first-order valence-electron chi connectivity index (χ1n) is 7.41. The van der Waals surface area contributed by atoms with Crippen LogP contribution in [-0.2, 0) is 16.6 Å². The average molecular weight is 337 g/mol. The standard InChI is InChI=1S/C17H21FN2O2S/c1-13(15-7-9-16(18)10-8-15)19-12-14-5-4-6-17(11-14)23(21,22)20(2)3/h4-11,13,19H,12H2,1-3H3/p+1/t13-/m1/s1. The van der Waals surface area contributed by atoms with Gasteiger partial charge in [0.15, 0.2) is 0 Å². The highest BCUT2D eigenvalue weighted by molar-refractivity contribution is 7.89. The molecule has 2 N–H and O–H groups in total. The van der Waals surface area contributed by atoms with Gasteiger partial charge < -0.3 is 5.32 Å². The van der Waals surface area contributed by atoms with Gasteiger partial charge in [-0.25, -0.2) is 17.1 Å². The first kappa shape index (κ1) is 17.6. The first-order chi connectivity index (χ1) is 10.8. The summed E-state index contributed by atoms with van der Waals surface area (Å²) in [5.41, 5.74) is 1.96. The molecule has 0 unspecified atom stereocenters. The molecule has 0 aromatic heterocycles. The maximum Gasteiger partial charge on any atom is 0.242 e. The van der Waals surface area contributed by atoms with Gasteiger partial charge >= 0.3 is 0 Å². The van der Waals surface area contributed by atoms with Crippen molar-refractivity contribution in [1.29, 1.82) is 0 Å². The lowest BCUT2D eigenvalue weighted by atomic mass is 10.1. The van der Waals surface area contributed by atoms with Gasteiger partial charge in [-0.3, -0.25) is 0 Å². The lowest BCUT2D eigenvalue weighted by Crippen LogP contribution is -2.83. The molecule has 0 aliphatic heterocycles. The highest BCUT2D eigenvalue weighted by Crippen LogP contribution is 2.15. The van der Waals surface area contributed by atoms with Crippen molar-refractivity contribution in [3.05, 3.63) is 65.5 Å². The molecule has 0 radical (unpaired) electrons. The molecule has 0 bridgehead atoms. The molecule has 0 saturated heterocycles. The molecular weight excluding hydrogens is 315 g/mol. The fraction of sp³-hybridized carbons (Fsp3) is 0.294. The summed E-state index contributed by atoms with van der Waals surface area (Å²) in [4.78, 5) is 0.294. The highest BCUT2D eigenvalue weighted by Gasteiger charge is 2.17. The lowest BCUT2D eigenvalue weighted by molar-refractivity contribution is -0.708. The second-order valence-electron chi connectivity index (χ2n) is 5.71. The molecule has 0 heterocycles. The molecule has 0 spiro atoms. The van der Waals surface area contributed by atoms with Crippen LogP contribution in [0.15, 0.2) is 53.4 Å². The molecule has 0 aliphatic carbocycles. The third-order valence-electron chi connectivity index (χ3n) is 3.78. The van der Waals surface area contributed by atoms with E-state index in [0.717, 1.165) is 11.1 Å². The molecule has 23 heavy (non-hydrogen) atoms. The van der Waals surface area contributed by atoms with Crippen LogP contribution in [0.4, 0.5) is 4.39 Å². The summed E-state index contributed by atoms with van der Waals surface area (Å²) in [5, 5.41) is 2.09. The fourth-order valence-corrected chi connectivity index (χ4v) is 3.23. The van der Waals surface area contributed by atoms with Crippen LogP contribution in [-0.4, -0.2) is 26.8 Å². The Bertz CT molecular complexity index is 758. The normalized spacial score (nSPS) is 13.3. The maximum atomic E-state index is 13.0. The average Bonchev–Trinajstić information content (AvgIpc) is 2.53. The summed E-state index contributed by atoms with van der Waals surface area (Å²) in [6, 6.07) is 13.5. The van der Waals surface area contributed by atoms with Gasteiger partial charge in [0.2, 0.25) is 10.0 Å². The van der Waals surface area contributed by atoms with Crippen LogP contribution in [0.3, 0.4) is 0 Å². The number of nitrogens with zero attached hydrogens (tertiary/aromatic N) is 1. The van der Waals surface area contributed by atoms with Crippen molar-refractivity contribution >= 4 is 10.0 Å². The van der Waals surface area contributed by atoms with Crippen LogP contribution in [0.2, 0.25) is 0 Å². The number of hydrogen-bond donors (Lipinski definition) is 1. The molecule has 4 nitrogen and oxygen atoms in total. The summed E-state index contributed by atoms with van der Waals surface area (Å²) >= 11 is 0. The minimum Gasteiger partial charge on any atom is -0.337 e. The molecule has 2 rings (SSSR count). The van der Waals surface area contributed by atoms with Crippen molar-refractivity contribution in [2.45, 2.75) is 24.4 Å². The second-order valence-corrected chi connectivity index (χ2v) is 7.87. The largest absolute Gasteiger partial charge is 0.337 e. The van der Waals surface area contributed by atoms with Gasteiger partial charge in [0.25, 0.3) is 0 Å². The summed E-state index contributed by atoms with van der Waals surface area (Å²) in [5.74, 6) is -0.248. The quantitative estimate of drug-likeness (QED) is 0.875. The number of hydrogen-bond acceptors (Lipinski definition) is 2. The van der Waals surface area contributed by atoms with Crippen molar-refractivity contribution in [3.8, 4) is 0 Å². The Hall–Kier alpha value is -1.76. The number of rotatable bonds is 6. The summed E-state index contributed by atoms with van der Waals surface area (Å²) in [6.07, 6.45) is 0. The van der Waals surface area contributed by atoms with E-state index in [1.165, 1.54) is 30.5 Å². The van der Waals surface area contributed by atoms with Gasteiger partial charge in [0.05, 0.1) is 4.90 Å². The van der Waals surface area contributed by atoms with Crippen molar-refractivity contribution in [2.24, 2.45) is 0 Å². The molecule has 2 aromatic rings. The first-order valence-corrected chi connectivity index (χ1v) is 8.85. The number of benzene rings is 2. The number of sulfonamides is 1. The third-order valence-corrected chi connectivity index (χ3v) is 5.59. The molecule has 0 fully saturated rings. The Kier molecular flexibility index (Phi) is 5.51. The third kappa shape index (κ3) is 4.37. The molecular formula is C17H22FN2O2S+. The second kappa shape index (κ2) is 7.21. The van der Waals surface area contributed by atoms with Crippen LogP contribution >= 0.6 is 0 Å². The highest BCUT2D eigenvalue weighted by atomic mass is 32.2. The zero-order chi connectivity index (χ0) is 17.0. The minimum absolute atomic E-state index is 0.157. The number of nitrogens with two attached hydrogens (primary N) is 1. The Morgan fingerprint density at radius 3 is 2.39 bits per heavy atom. The van der Waals surface area contributed by atoms with Crippen LogP contribution in [0.5, 0.6) is 0 Å². The zero-order valence-corrected chi connectivity index (χ0v) is 14.3. The van der Waals surface area contributed by atoms with E-state index < -0.39 is 10.0 Å². The van der Waals surface area contributed by atoms with Gasteiger partial charge in [0, 0.05) is 25.2 Å². The van der Waals surface area contributed by atoms with Gasteiger partial charge in [-0.15, -0.1) is 0 Å². The van der Waals surface area contributed by atoms with E-state index in [0.29, 0.717) is 11.4 Å². The monoisotopic (exact) mass is 337 g/mol. The maximum absolute atomic E-state index is 13.0. The van der Waals surface area contributed by atoms with Gasteiger partial charge in [-0.05, 0) is 31.2 Å². The summed E-state index contributed by atoms with van der Waals surface area (Å²) < 4.78 is 38.5. The van der Waals surface area contributed by atoms with Crippen molar-refractivity contribution in [1.82, 2.24) is 4.31 Å². The van der Waals surface area contributed by atoms with Crippen LogP contribution in [0.25, 0.3) is 0 Å². The summed E-state index contributed by atoms with van der Waals surface area (Å²) in [6.45, 7) is 2.68. The van der Waals surface area contributed by atoms with Crippen molar-refractivity contribution < 1.29 is 18.1 Å². The van der Waals surface area contributed by atoms with E-state index in [-0.39, 0.29) is 11.9 Å². The van der Waals surface area contributed by atoms with E-state index in [1.54, 1.807) is 30.3 Å². The molecule has 0 aliphatic rings. The summed E-state index contributed by atoms with van der Waals surface area (Å²) in [7, 11) is -0.380. The van der Waals surface area contributed by atoms with Crippen molar-refractivity contribution in [3.63, 3.8) is 0 Å².